The minimum atomic E-state index is -0.407. The van der Waals surface area contributed by atoms with Crippen LogP contribution in [0.15, 0.2) is 91.1 Å². The van der Waals surface area contributed by atoms with E-state index in [2.05, 4.69) is 4.98 Å². The minimum absolute atomic E-state index is 0.236. The van der Waals surface area contributed by atoms with Crippen LogP contribution in [0.5, 0.6) is 0 Å². The van der Waals surface area contributed by atoms with Crippen molar-refractivity contribution in [1.82, 2.24) is 4.98 Å². The van der Waals surface area contributed by atoms with Crippen LogP contribution in [-0.2, 0) is 16.0 Å². The zero-order chi connectivity index (χ0) is 17.8. The number of fused-ring (bicyclic) bond motifs is 1. The van der Waals surface area contributed by atoms with E-state index in [0.29, 0.717) is 0 Å². The van der Waals surface area contributed by atoms with Gasteiger partial charge in [-0.2, -0.15) is 0 Å². The average molecular weight is 341 g/mol. The molecular formula is C23H19NO2. The first-order valence-electron chi connectivity index (χ1n) is 8.65. The topological polar surface area (TPSA) is 42.1 Å². The third-order valence-electron chi connectivity index (χ3n) is 4.46. The van der Waals surface area contributed by atoms with Gasteiger partial charge in [0.15, 0.2) is 6.10 Å². The van der Waals surface area contributed by atoms with E-state index in [1.54, 1.807) is 0 Å². The molecule has 1 aromatic heterocycles. The number of aromatic nitrogens is 1. The van der Waals surface area contributed by atoms with Gasteiger partial charge < -0.3 is 9.72 Å². The molecule has 4 rings (SSSR count). The van der Waals surface area contributed by atoms with Gasteiger partial charge in [0.05, 0.1) is 6.42 Å². The summed E-state index contributed by atoms with van der Waals surface area (Å²) in [5.74, 6) is -0.243. The number of ether oxygens (including phenoxy) is 1. The van der Waals surface area contributed by atoms with Crippen LogP contribution < -0.4 is 0 Å². The van der Waals surface area contributed by atoms with E-state index >= 15 is 0 Å². The molecule has 0 atom stereocenters. The monoisotopic (exact) mass is 341 g/mol. The molecule has 0 aliphatic rings. The van der Waals surface area contributed by atoms with Crippen LogP contribution in [0.25, 0.3) is 10.9 Å². The van der Waals surface area contributed by atoms with Crippen LogP contribution in [0.2, 0.25) is 0 Å². The van der Waals surface area contributed by atoms with Crippen molar-refractivity contribution < 1.29 is 9.53 Å². The predicted octanol–water partition coefficient (Wildman–Crippen LogP) is 5.04. The van der Waals surface area contributed by atoms with E-state index in [-0.39, 0.29) is 12.4 Å². The summed E-state index contributed by atoms with van der Waals surface area (Å²) >= 11 is 0. The lowest BCUT2D eigenvalue weighted by atomic mass is 10.0. The van der Waals surface area contributed by atoms with Gasteiger partial charge in [0.2, 0.25) is 0 Å². The molecule has 0 saturated heterocycles. The van der Waals surface area contributed by atoms with E-state index in [1.165, 1.54) is 0 Å². The molecule has 0 radical (unpaired) electrons. The highest BCUT2D eigenvalue weighted by Gasteiger charge is 2.19. The third-order valence-corrected chi connectivity index (χ3v) is 4.46. The second-order valence-corrected chi connectivity index (χ2v) is 6.23. The first-order valence-corrected chi connectivity index (χ1v) is 8.65. The van der Waals surface area contributed by atoms with E-state index in [4.69, 9.17) is 4.74 Å². The van der Waals surface area contributed by atoms with Gasteiger partial charge in [-0.15, -0.1) is 0 Å². The van der Waals surface area contributed by atoms with Crippen LogP contribution in [0.4, 0.5) is 0 Å². The van der Waals surface area contributed by atoms with E-state index in [1.807, 2.05) is 91.1 Å². The molecule has 4 aromatic rings. The summed E-state index contributed by atoms with van der Waals surface area (Å²) in [5.41, 5.74) is 3.90. The molecule has 0 fully saturated rings. The van der Waals surface area contributed by atoms with Gasteiger partial charge in [0.25, 0.3) is 0 Å². The zero-order valence-corrected chi connectivity index (χ0v) is 14.3. The van der Waals surface area contributed by atoms with Crippen molar-refractivity contribution in [3.05, 3.63) is 108 Å². The number of nitrogens with one attached hydrogen (secondary N) is 1. The lowest BCUT2D eigenvalue weighted by Crippen LogP contribution is -2.14. The van der Waals surface area contributed by atoms with Gasteiger partial charge in [-0.25, -0.2) is 0 Å². The molecule has 0 spiro atoms. The summed E-state index contributed by atoms with van der Waals surface area (Å²) in [6.45, 7) is 0. The SMILES string of the molecule is O=C(Cc1c[nH]c2ccccc12)OC(c1ccccc1)c1ccccc1. The summed E-state index contributed by atoms with van der Waals surface area (Å²) in [6.07, 6.45) is 1.71. The summed E-state index contributed by atoms with van der Waals surface area (Å²) < 4.78 is 5.89. The third kappa shape index (κ3) is 3.38. The highest BCUT2D eigenvalue weighted by molar-refractivity contribution is 5.87. The fourth-order valence-corrected chi connectivity index (χ4v) is 3.19. The number of para-hydroxylation sites is 1. The van der Waals surface area contributed by atoms with Crippen molar-refractivity contribution in [1.29, 1.82) is 0 Å². The van der Waals surface area contributed by atoms with E-state index in [9.17, 15) is 4.79 Å². The number of aromatic amines is 1. The fraction of sp³-hybridized carbons (Fsp3) is 0.0870. The Bertz CT molecular complexity index is 967. The highest BCUT2D eigenvalue weighted by atomic mass is 16.5. The number of hydrogen-bond donors (Lipinski definition) is 1. The molecule has 0 unspecified atom stereocenters. The molecule has 0 aliphatic carbocycles. The number of carbonyl (C=O) groups excluding carboxylic acids is 1. The van der Waals surface area contributed by atoms with Crippen LogP contribution in [-0.4, -0.2) is 11.0 Å². The Morgan fingerprint density at radius 3 is 2.04 bits per heavy atom. The lowest BCUT2D eigenvalue weighted by molar-refractivity contribution is -0.146. The van der Waals surface area contributed by atoms with Crippen LogP contribution in [0.1, 0.15) is 22.8 Å². The predicted molar refractivity (Wildman–Crippen MR) is 103 cm³/mol. The Hall–Kier alpha value is -3.33. The smallest absolute Gasteiger partial charge is 0.311 e. The number of hydrogen-bond acceptors (Lipinski definition) is 2. The summed E-state index contributed by atoms with van der Waals surface area (Å²) in [4.78, 5) is 15.9. The number of H-pyrrole nitrogens is 1. The van der Waals surface area contributed by atoms with Crippen molar-refractivity contribution in [3.8, 4) is 0 Å². The van der Waals surface area contributed by atoms with Crippen molar-refractivity contribution in [2.75, 3.05) is 0 Å². The molecule has 0 amide bonds. The molecule has 26 heavy (non-hydrogen) atoms. The maximum absolute atomic E-state index is 12.7. The second kappa shape index (κ2) is 7.28. The minimum Gasteiger partial charge on any atom is -0.452 e. The van der Waals surface area contributed by atoms with E-state index < -0.39 is 6.10 Å². The van der Waals surface area contributed by atoms with Gasteiger partial charge in [-0.1, -0.05) is 78.9 Å². The molecular weight excluding hydrogens is 322 g/mol. The molecule has 3 heteroatoms. The molecule has 0 aliphatic heterocycles. The Kier molecular flexibility index (Phi) is 4.52. The molecule has 0 bridgehead atoms. The van der Waals surface area contributed by atoms with Gasteiger partial charge in [0.1, 0.15) is 0 Å². The molecule has 3 aromatic carbocycles. The fourth-order valence-electron chi connectivity index (χ4n) is 3.19. The van der Waals surface area contributed by atoms with Crippen molar-refractivity contribution >= 4 is 16.9 Å². The van der Waals surface area contributed by atoms with Crippen molar-refractivity contribution in [2.45, 2.75) is 12.5 Å². The maximum Gasteiger partial charge on any atom is 0.311 e. The molecule has 1 heterocycles. The van der Waals surface area contributed by atoms with E-state index in [0.717, 1.165) is 27.6 Å². The molecule has 3 nitrogen and oxygen atoms in total. The second-order valence-electron chi connectivity index (χ2n) is 6.23. The van der Waals surface area contributed by atoms with Crippen LogP contribution in [0.3, 0.4) is 0 Å². The first-order chi connectivity index (χ1) is 12.8. The van der Waals surface area contributed by atoms with Gasteiger partial charge in [-0.3, -0.25) is 4.79 Å². The average Bonchev–Trinajstić information content (AvgIpc) is 3.10. The molecule has 128 valence electrons. The Labute approximate surface area is 152 Å². The Balaban J connectivity index is 1.58. The lowest BCUT2D eigenvalue weighted by Gasteiger charge is -2.19. The van der Waals surface area contributed by atoms with Gasteiger partial charge >= 0.3 is 5.97 Å². The van der Waals surface area contributed by atoms with Crippen LogP contribution in [0, 0.1) is 0 Å². The van der Waals surface area contributed by atoms with Crippen molar-refractivity contribution in [3.63, 3.8) is 0 Å². The molecule has 0 saturated carbocycles. The number of esters is 1. The number of carbonyl (C=O) groups is 1. The standard InChI is InChI=1S/C23H19NO2/c25-22(15-19-16-24-21-14-8-7-13-20(19)21)26-23(17-9-3-1-4-10-17)18-11-5-2-6-12-18/h1-14,16,23-24H,15H2. The first kappa shape index (κ1) is 16.2. The summed E-state index contributed by atoms with van der Waals surface area (Å²) in [6, 6.07) is 27.6. The normalized spacial score (nSPS) is 11.0. The van der Waals surface area contributed by atoms with Gasteiger partial charge in [-0.05, 0) is 22.8 Å². The zero-order valence-electron chi connectivity index (χ0n) is 14.3. The van der Waals surface area contributed by atoms with Gasteiger partial charge in [0, 0.05) is 17.1 Å². The summed E-state index contributed by atoms with van der Waals surface area (Å²) in [5, 5.41) is 1.06. The maximum atomic E-state index is 12.7. The summed E-state index contributed by atoms with van der Waals surface area (Å²) in [7, 11) is 0. The van der Waals surface area contributed by atoms with Crippen molar-refractivity contribution in [2.24, 2.45) is 0 Å². The van der Waals surface area contributed by atoms with Crippen LogP contribution >= 0.6 is 0 Å². The Morgan fingerprint density at radius 1 is 0.808 bits per heavy atom. The highest BCUT2D eigenvalue weighted by Crippen LogP contribution is 2.27. The number of benzene rings is 3. The quantitative estimate of drug-likeness (QED) is 0.517. The number of rotatable bonds is 5. The largest absolute Gasteiger partial charge is 0.452 e. The molecule has 1 N–H and O–H groups in total. The Morgan fingerprint density at radius 2 is 1.38 bits per heavy atom.